The summed E-state index contributed by atoms with van der Waals surface area (Å²) in [6.07, 6.45) is 66.8. The van der Waals surface area contributed by atoms with Gasteiger partial charge in [0.25, 0.3) is 0 Å². The molecule has 105 heavy (non-hydrogen) atoms. The standard InChI is InChI=1S/C86H168O17P2/c1-8-10-11-12-13-14-15-16-17-20-24-31-36-41-46-55-63-70-86(91)103-82(74-97-84(89)68-61-54-49-48-51-58-65-78(5)6)76-101-105(94,95)99-72-80(87)71-98-104(92,93)100-75-81(73-96-83(88)67-60-53-45-40-35-30-27-26-29-34-39-44-52-59-66-79(7)9-2)102-85(90)69-62-56-47-42-37-32-25-22-19-18-21-23-28-33-38-43-50-57-64-77(3)4/h77-82,87H,8-76H2,1-7H3,(H,92,93)(H,94,95)/t79?,80-,81-,82-/m1/s1. The third-order valence-electron chi connectivity index (χ3n) is 20.5. The lowest BCUT2D eigenvalue weighted by molar-refractivity contribution is -0.161. The van der Waals surface area contributed by atoms with Gasteiger partial charge in [0.2, 0.25) is 0 Å². The van der Waals surface area contributed by atoms with Crippen LogP contribution in [0.4, 0.5) is 0 Å². The van der Waals surface area contributed by atoms with Crippen LogP contribution < -0.4 is 0 Å². The van der Waals surface area contributed by atoms with Gasteiger partial charge in [0.05, 0.1) is 26.4 Å². The van der Waals surface area contributed by atoms with E-state index in [2.05, 4.69) is 48.5 Å². The van der Waals surface area contributed by atoms with Crippen LogP contribution in [0.25, 0.3) is 0 Å². The Hall–Kier alpha value is -1.94. The molecule has 0 aromatic carbocycles. The molecular weight excluding hydrogens is 1370 g/mol. The number of aliphatic hydroxyl groups is 1. The predicted molar refractivity (Wildman–Crippen MR) is 432 cm³/mol. The summed E-state index contributed by atoms with van der Waals surface area (Å²) in [4.78, 5) is 73.2. The Morgan fingerprint density at radius 2 is 0.486 bits per heavy atom. The van der Waals surface area contributed by atoms with Gasteiger partial charge in [-0.05, 0) is 43.4 Å². The number of hydrogen-bond acceptors (Lipinski definition) is 15. The lowest BCUT2D eigenvalue weighted by atomic mass is 9.99. The van der Waals surface area contributed by atoms with Gasteiger partial charge in [-0.3, -0.25) is 37.3 Å². The highest BCUT2D eigenvalue weighted by molar-refractivity contribution is 7.47. The Morgan fingerprint density at radius 1 is 0.276 bits per heavy atom. The molecule has 0 aliphatic heterocycles. The number of ether oxygens (including phenoxy) is 4. The molecule has 0 aromatic heterocycles. The first-order valence-corrected chi connectivity index (χ1v) is 47.4. The van der Waals surface area contributed by atoms with Gasteiger partial charge in [-0.2, -0.15) is 0 Å². The highest BCUT2D eigenvalue weighted by atomic mass is 31.2. The molecule has 0 aliphatic carbocycles. The smallest absolute Gasteiger partial charge is 0.462 e. The average molecular weight is 1540 g/mol. The Bertz CT molecular complexity index is 2030. The second-order valence-corrected chi connectivity index (χ2v) is 35.0. The van der Waals surface area contributed by atoms with Crippen molar-refractivity contribution < 1.29 is 80.2 Å². The van der Waals surface area contributed by atoms with Crippen LogP contribution >= 0.6 is 15.6 Å². The van der Waals surface area contributed by atoms with Gasteiger partial charge in [-0.15, -0.1) is 0 Å². The van der Waals surface area contributed by atoms with E-state index in [9.17, 15) is 43.2 Å². The van der Waals surface area contributed by atoms with Gasteiger partial charge < -0.3 is 33.8 Å². The second kappa shape index (κ2) is 76.1. The Labute approximate surface area is 645 Å². The zero-order chi connectivity index (χ0) is 77.2. The minimum atomic E-state index is -4.97. The Kier molecular flexibility index (Phi) is 74.7. The molecule has 6 atom stereocenters. The van der Waals surface area contributed by atoms with Gasteiger partial charge in [0, 0.05) is 25.7 Å². The molecule has 624 valence electrons. The summed E-state index contributed by atoms with van der Waals surface area (Å²) in [5, 5.41) is 10.7. The first kappa shape index (κ1) is 103. The van der Waals surface area contributed by atoms with Crippen LogP contribution in [0.2, 0.25) is 0 Å². The number of unbranched alkanes of at least 4 members (excludes halogenated alkanes) is 51. The normalized spacial score (nSPS) is 14.1. The van der Waals surface area contributed by atoms with Crippen LogP contribution in [0.5, 0.6) is 0 Å². The van der Waals surface area contributed by atoms with Crippen LogP contribution in [-0.4, -0.2) is 96.7 Å². The number of carbonyl (C=O) groups excluding carboxylic acids is 4. The van der Waals surface area contributed by atoms with Gasteiger partial charge >= 0.3 is 39.5 Å². The topological polar surface area (TPSA) is 237 Å². The molecular formula is C86H168O17P2. The average Bonchev–Trinajstić information content (AvgIpc) is 0.906. The predicted octanol–water partition coefficient (Wildman–Crippen LogP) is 26.1. The molecule has 3 N–H and O–H groups in total. The monoisotopic (exact) mass is 1540 g/mol. The maximum absolute atomic E-state index is 13.1. The molecule has 0 aliphatic rings. The summed E-state index contributed by atoms with van der Waals surface area (Å²) in [6, 6.07) is 0. The third-order valence-corrected chi connectivity index (χ3v) is 22.4. The fraction of sp³-hybridized carbons (Fsp3) is 0.953. The number of rotatable bonds is 84. The minimum absolute atomic E-state index is 0.107. The molecule has 19 heteroatoms. The number of aliphatic hydroxyl groups excluding tert-OH is 1. The lowest BCUT2D eigenvalue weighted by Crippen LogP contribution is -2.30. The highest BCUT2D eigenvalue weighted by Gasteiger charge is 2.30. The molecule has 0 aromatic rings. The first-order valence-electron chi connectivity index (χ1n) is 44.4. The van der Waals surface area contributed by atoms with Crippen molar-refractivity contribution in [3.05, 3.63) is 0 Å². The molecule has 0 amide bonds. The van der Waals surface area contributed by atoms with Crippen LogP contribution in [0.3, 0.4) is 0 Å². The van der Waals surface area contributed by atoms with Crippen molar-refractivity contribution in [2.45, 2.75) is 471 Å². The molecule has 0 heterocycles. The molecule has 0 fully saturated rings. The number of phosphoric acid groups is 2. The highest BCUT2D eigenvalue weighted by Crippen LogP contribution is 2.45. The van der Waals surface area contributed by atoms with Crippen molar-refractivity contribution in [2.75, 3.05) is 39.6 Å². The van der Waals surface area contributed by atoms with Crippen molar-refractivity contribution in [2.24, 2.45) is 17.8 Å². The minimum Gasteiger partial charge on any atom is -0.462 e. The molecule has 0 radical (unpaired) electrons. The summed E-state index contributed by atoms with van der Waals surface area (Å²) in [5.41, 5.74) is 0. The zero-order valence-electron chi connectivity index (χ0n) is 69.2. The summed E-state index contributed by atoms with van der Waals surface area (Å²) in [7, 11) is -9.93. The van der Waals surface area contributed by atoms with E-state index in [-0.39, 0.29) is 25.7 Å². The SMILES string of the molecule is CCCCCCCCCCCCCCCCCCCC(=O)O[C@H](COC(=O)CCCCCCCCC(C)C)COP(=O)(O)OC[C@H](O)COP(=O)(O)OC[C@@H](COC(=O)CCCCCCCCCCCCCCCCC(C)CC)OC(=O)CCCCCCCCCCCCCCCCCCCCC(C)C. The third kappa shape index (κ3) is 78.5. The Balaban J connectivity index is 5.21. The molecule has 0 spiro atoms. The van der Waals surface area contributed by atoms with Crippen LogP contribution in [0, 0.1) is 17.8 Å². The number of phosphoric ester groups is 2. The molecule has 17 nitrogen and oxygen atoms in total. The summed E-state index contributed by atoms with van der Waals surface area (Å²) in [5.74, 6) is 0.243. The second-order valence-electron chi connectivity index (χ2n) is 32.1. The van der Waals surface area contributed by atoms with Crippen molar-refractivity contribution in [1.29, 1.82) is 0 Å². The zero-order valence-corrected chi connectivity index (χ0v) is 71.0. The van der Waals surface area contributed by atoms with E-state index in [4.69, 9.17) is 37.0 Å². The quantitative estimate of drug-likeness (QED) is 0.0222. The van der Waals surface area contributed by atoms with Gasteiger partial charge in [0.1, 0.15) is 19.3 Å². The van der Waals surface area contributed by atoms with E-state index >= 15 is 0 Å². The molecule has 0 bridgehead atoms. The lowest BCUT2D eigenvalue weighted by Gasteiger charge is -2.21. The van der Waals surface area contributed by atoms with E-state index in [1.807, 2.05) is 0 Å². The maximum atomic E-state index is 13.1. The summed E-state index contributed by atoms with van der Waals surface area (Å²) in [6.45, 7) is 12.0. The number of esters is 4. The molecule has 0 saturated heterocycles. The van der Waals surface area contributed by atoms with E-state index in [1.165, 1.54) is 257 Å². The maximum Gasteiger partial charge on any atom is 0.472 e. The summed E-state index contributed by atoms with van der Waals surface area (Å²) < 4.78 is 68.9. The van der Waals surface area contributed by atoms with Gasteiger partial charge in [-0.1, -0.05) is 402 Å². The number of hydrogen-bond donors (Lipinski definition) is 3. The number of carbonyl (C=O) groups is 4. The Morgan fingerprint density at radius 3 is 0.724 bits per heavy atom. The van der Waals surface area contributed by atoms with E-state index < -0.39 is 97.5 Å². The van der Waals surface area contributed by atoms with Crippen LogP contribution in [0.1, 0.15) is 453 Å². The largest absolute Gasteiger partial charge is 0.472 e. The van der Waals surface area contributed by atoms with E-state index in [0.717, 1.165) is 108 Å². The molecule has 0 rings (SSSR count). The fourth-order valence-electron chi connectivity index (χ4n) is 13.3. The van der Waals surface area contributed by atoms with Crippen LogP contribution in [0.15, 0.2) is 0 Å². The van der Waals surface area contributed by atoms with E-state index in [0.29, 0.717) is 31.6 Å². The van der Waals surface area contributed by atoms with Gasteiger partial charge in [-0.25, -0.2) is 9.13 Å². The van der Waals surface area contributed by atoms with Crippen molar-refractivity contribution in [1.82, 2.24) is 0 Å². The summed E-state index contributed by atoms with van der Waals surface area (Å²) >= 11 is 0. The first-order chi connectivity index (χ1) is 50.8. The van der Waals surface area contributed by atoms with E-state index in [1.54, 1.807) is 0 Å². The van der Waals surface area contributed by atoms with Crippen LogP contribution in [-0.2, 0) is 65.4 Å². The molecule has 0 saturated carbocycles. The molecule has 3 unspecified atom stereocenters. The fourth-order valence-corrected chi connectivity index (χ4v) is 14.9. The van der Waals surface area contributed by atoms with Crippen molar-refractivity contribution in [3.63, 3.8) is 0 Å². The van der Waals surface area contributed by atoms with Crippen molar-refractivity contribution in [3.8, 4) is 0 Å². The van der Waals surface area contributed by atoms with Crippen molar-refractivity contribution >= 4 is 39.5 Å². The van der Waals surface area contributed by atoms with Gasteiger partial charge in [0.15, 0.2) is 12.2 Å².